The quantitative estimate of drug-likeness (QED) is 0.215. The van der Waals surface area contributed by atoms with E-state index >= 15 is 0 Å². The fourth-order valence-electron chi connectivity index (χ4n) is 5.81. The molecule has 2 amide bonds. The average molecular weight is 676 g/mol. The molecule has 0 spiro atoms. The molecule has 3 aromatic carbocycles. The summed E-state index contributed by atoms with van der Waals surface area (Å²) in [5.41, 5.74) is 2.54. The van der Waals surface area contributed by atoms with Crippen LogP contribution in [0.2, 0.25) is 0 Å². The molecule has 4 aromatic rings. The molecule has 0 saturated carbocycles. The number of hydrogen-bond acceptors (Lipinski definition) is 8. The first kappa shape index (κ1) is 33.6. The average Bonchev–Trinajstić information content (AvgIpc) is 3.58. The summed E-state index contributed by atoms with van der Waals surface area (Å²) in [5.74, 6) is 2.32. The van der Waals surface area contributed by atoms with Crippen molar-refractivity contribution in [1.82, 2.24) is 14.8 Å². The maximum absolute atomic E-state index is 13.1. The molecule has 256 valence electrons. The van der Waals surface area contributed by atoms with E-state index in [1.165, 1.54) is 6.20 Å². The summed E-state index contributed by atoms with van der Waals surface area (Å²) in [7, 11) is 3.41. The first-order chi connectivity index (χ1) is 23.6. The van der Waals surface area contributed by atoms with Crippen molar-refractivity contribution >= 4 is 29.0 Å². The van der Waals surface area contributed by atoms with Gasteiger partial charge in [-0.25, -0.2) is 4.98 Å². The predicted octanol–water partition coefficient (Wildman–Crippen LogP) is 6.13. The Balaban J connectivity index is 0.990. The first-order valence-corrected chi connectivity index (χ1v) is 15.8. The standard InChI is InChI=1S/C36H36F3N5O5/c1-42(33-13-10-28(21-40-33)41-35(46)26-6-8-27(9-7-26)36(37,38)39)29-11-3-24(19-31(29)47-2)5-14-34(45)44-17-15-43(16-18-44)22-25-4-12-30-32(20-25)49-23-48-30/h3-4,6-13,19-21H,5,14-18,22-23H2,1-2H3,(H,41,46). The van der Waals surface area contributed by atoms with Crippen molar-refractivity contribution in [2.75, 3.05) is 57.3 Å². The number of carbonyl (C=O) groups is 2. The summed E-state index contributed by atoms with van der Waals surface area (Å²) in [6.45, 7) is 4.01. The van der Waals surface area contributed by atoms with Crippen LogP contribution in [0.4, 0.5) is 30.4 Å². The minimum absolute atomic E-state index is 0.0946. The lowest BCUT2D eigenvalue weighted by atomic mass is 10.1. The first-order valence-electron chi connectivity index (χ1n) is 15.8. The summed E-state index contributed by atoms with van der Waals surface area (Å²) >= 11 is 0. The van der Waals surface area contributed by atoms with Gasteiger partial charge in [-0.1, -0.05) is 12.1 Å². The summed E-state index contributed by atoms with van der Waals surface area (Å²) in [6, 6.07) is 19.2. The molecule has 1 aromatic heterocycles. The molecule has 2 aliphatic rings. The molecule has 49 heavy (non-hydrogen) atoms. The number of ether oxygens (including phenoxy) is 3. The van der Waals surface area contributed by atoms with Gasteiger partial charge in [0, 0.05) is 51.8 Å². The van der Waals surface area contributed by atoms with Crippen LogP contribution in [0.1, 0.15) is 33.5 Å². The van der Waals surface area contributed by atoms with E-state index in [-0.39, 0.29) is 18.3 Å². The van der Waals surface area contributed by atoms with Crippen molar-refractivity contribution in [3.8, 4) is 17.2 Å². The number of hydrogen-bond donors (Lipinski definition) is 1. The lowest BCUT2D eigenvalue weighted by Gasteiger charge is -2.35. The van der Waals surface area contributed by atoms with Gasteiger partial charge in [-0.15, -0.1) is 0 Å². The number of fused-ring (bicyclic) bond motifs is 1. The molecule has 10 nitrogen and oxygen atoms in total. The van der Waals surface area contributed by atoms with Gasteiger partial charge in [-0.2, -0.15) is 13.2 Å². The largest absolute Gasteiger partial charge is 0.495 e. The Morgan fingerprint density at radius 2 is 1.65 bits per heavy atom. The number of aromatic nitrogens is 1. The van der Waals surface area contributed by atoms with Crippen LogP contribution in [0, 0.1) is 0 Å². The number of benzene rings is 3. The van der Waals surface area contributed by atoms with Crippen LogP contribution >= 0.6 is 0 Å². The summed E-state index contributed by atoms with van der Waals surface area (Å²) < 4.78 is 55.1. The van der Waals surface area contributed by atoms with Gasteiger partial charge in [0.25, 0.3) is 5.91 Å². The van der Waals surface area contributed by atoms with Crippen molar-refractivity contribution in [3.05, 3.63) is 101 Å². The highest BCUT2D eigenvalue weighted by atomic mass is 19.4. The normalized spacial score (nSPS) is 14.4. The van der Waals surface area contributed by atoms with Gasteiger partial charge >= 0.3 is 6.18 Å². The second-order valence-corrected chi connectivity index (χ2v) is 11.8. The molecule has 0 atom stereocenters. The molecule has 2 aliphatic heterocycles. The van der Waals surface area contributed by atoms with Gasteiger partial charge in [0.05, 0.1) is 30.2 Å². The molecule has 1 N–H and O–H groups in total. The van der Waals surface area contributed by atoms with Crippen molar-refractivity contribution in [2.45, 2.75) is 25.6 Å². The van der Waals surface area contributed by atoms with E-state index in [2.05, 4.69) is 15.2 Å². The second-order valence-electron chi connectivity index (χ2n) is 11.8. The number of alkyl halides is 3. The third kappa shape index (κ3) is 8.06. The van der Waals surface area contributed by atoms with E-state index in [0.29, 0.717) is 43.2 Å². The van der Waals surface area contributed by atoms with Crippen LogP contribution in [-0.2, 0) is 23.9 Å². The number of halogens is 3. The van der Waals surface area contributed by atoms with E-state index in [1.54, 1.807) is 19.2 Å². The number of methoxy groups -OCH3 is 1. The Labute approximate surface area is 282 Å². The van der Waals surface area contributed by atoms with Crippen LogP contribution in [0.15, 0.2) is 79.0 Å². The number of carbonyl (C=O) groups excluding carboxylic acids is 2. The fraction of sp³-hybridized carbons (Fsp3) is 0.306. The smallest absolute Gasteiger partial charge is 0.416 e. The van der Waals surface area contributed by atoms with Crippen LogP contribution in [0.25, 0.3) is 0 Å². The monoisotopic (exact) mass is 675 g/mol. The molecule has 1 fully saturated rings. The zero-order valence-electron chi connectivity index (χ0n) is 27.1. The Morgan fingerprint density at radius 1 is 0.918 bits per heavy atom. The van der Waals surface area contributed by atoms with Crippen LogP contribution in [-0.4, -0.2) is 73.7 Å². The topological polar surface area (TPSA) is 96.5 Å². The molecule has 13 heteroatoms. The predicted molar refractivity (Wildman–Crippen MR) is 177 cm³/mol. The zero-order chi connectivity index (χ0) is 34.5. The van der Waals surface area contributed by atoms with E-state index in [4.69, 9.17) is 14.2 Å². The van der Waals surface area contributed by atoms with Gasteiger partial charge in [0.2, 0.25) is 12.7 Å². The third-order valence-electron chi connectivity index (χ3n) is 8.62. The second kappa shape index (κ2) is 14.4. The van der Waals surface area contributed by atoms with Crippen LogP contribution in [0.5, 0.6) is 17.2 Å². The van der Waals surface area contributed by atoms with E-state index in [1.807, 2.05) is 53.2 Å². The number of nitrogens with one attached hydrogen (secondary N) is 1. The number of anilines is 3. The van der Waals surface area contributed by atoms with Gasteiger partial charge < -0.3 is 29.3 Å². The number of piperazine rings is 1. The molecule has 0 bridgehead atoms. The lowest BCUT2D eigenvalue weighted by Crippen LogP contribution is -2.48. The number of nitrogens with zero attached hydrogens (tertiary/aromatic N) is 4. The lowest BCUT2D eigenvalue weighted by molar-refractivity contribution is -0.137. The molecule has 6 rings (SSSR count). The highest BCUT2D eigenvalue weighted by molar-refractivity contribution is 6.04. The molecular weight excluding hydrogens is 639 g/mol. The number of rotatable bonds is 10. The zero-order valence-corrected chi connectivity index (χ0v) is 27.1. The SMILES string of the molecule is COc1cc(CCC(=O)N2CCN(Cc3ccc4c(c3)OCO4)CC2)ccc1N(C)c1ccc(NC(=O)c2ccc(C(F)(F)F)cc2)cn1. The van der Waals surface area contributed by atoms with Crippen LogP contribution in [0.3, 0.4) is 0 Å². The van der Waals surface area contributed by atoms with Crippen molar-refractivity contribution in [1.29, 1.82) is 0 Å². The Morgan fingerprint density at radius 3 is 2.35 bits per heavy atom. The Bertz CT molecular complexity index is 1790. The molecule has 3 heterocycles. The summed E-state index contributed by atoms with van der Waals surface area (Å²) in [4.78, 5) is 36.1. The Kier molecular flexibility index (Phi) is 9.90. The van der Waals surface area contributed by atoms with Crippen molar-refractivity contribution in [3.63, 3.8) is 0 Å². The fourth-order valence-corrected chi connectivity index (χ4v) is 5.81. The molecule has 0 aliphatic carbocycles. The maximum Gasteiger partial charge on any atom is 0.416 e. The van der Waals surface area contributed by atoms with E-state index in [9.17, 15) is 22.8 Å². The molecule has 0 radical (unpaired) electrons. The Hall–Kier alpha value is -5.30. The maximum atomic E-state index is 13.1. The van der Waals surface area contributed by atoms with Gasteiger partial charge in [-0.05, 0) is 78.2 Å². The molecular formula is C36H36F3N5O5. The highest BCUT2D eigenvalue weighted by Crippen LogP contribution is 2.34. The van der Waals surface area contributed by atoms with Crippen LogP contribution < -0.4 is 24.4 Å². The minimum Gasteiger partial charge on any atom is -0.495 e. The van der Waals surface area contributed by atoms with Gasteiger partial charge in [-0.3, -0.25) is 14.5 Å². The summed E-state index contributed by atoms with van der Waals surface area (Å²) in [6.07, 6.45) is -2.04. The van der Waals surface area contributed by atoms with E-state index in [0.717, 1.165) is 72.2 Å². The van der Waals surface area contributed by atoms with Crippen molar-refractivity contribution < 1.29 is 37.0 Å². The summed E-state index contributed by atoms with van der Waals surface area (Å²) in [5, 5.41) is 2.65. The van der Waals surface area contributed by atoms with Gasteiger partial charge in [0.15, 0.2) is 11.5 Å². The number of pyridine rings is 1. The van der Waals surface area contributed by atoms with Gasteiger partial charge in [0.1, 0.15) is 11.6 Å². The number of aryl methyl sites for hydroxylation is 1. The van der Waals surface area contributed by atoms with E-state index < -0.39 is 17.6 Å². The third-order valence-corrected chi connectivity index (χ3v) is 8.62. The van der Waals surface area contributed by atoms with Crippen molar-refractivity contribution in [2.24, 2.45) is 0 Å². The highest BCUT2D eigenvalue weighted by Gasteiger charge is 2.30. The molecule has 0 unspecified atom stereocenters. The number of amides is 2. The molecule has 1 saturated heterocycles. The minimum atomic E-state index is -4.47.